The van der Waals surface area contributed by atoms with Crippen LogP contribution in [0.5, 0.6) is 0 Å². The van der Waals surface area contributed by atoms with Crippen molar-refractivity contribution < 1.29 is 4.79 Å². The van der Waals surface area contributed by atoms with Crippen molar-refractivity contribution in [1.82, 2.24) is 14.8 Å². The number of nitrogens with one attached hydrogen (secondary N) is 1. The summed E-state index contributed by atoms with van der Waals surface area (Å²) in [6.45, 7) is 4.03. The Labute approximate surface area is 118 Å². The number of rotatable bonds is 3. The molecule has 0 radical (unpaired) electrons. The molecule has 0 spiro atoms. The summed E-state index contributed by atoms with van der Waals surface area (Å²) >= 11 is 0. The lowest BCUT2D eigenvalue weighted by molar-refractivity contribution is 0.0774. The second kappa shape index (κ2) is 5.76. The average Bonchev–Trinajstić information content (AvgIpc) is 3.17. The van der Waals surface area contributed by atoms with Crippen LogP contribution in [0.1, 0.15) is 29.8 Å². The summed E-state index contributed by atoms with van der Waals surface area (Å²) in [5.41, 5.74) is 3.71. The maximum Gasteiger partial charge on any atom is 0.272 e. The number of carbonyl (C=O) groups excluding carboxylic acids is 1. The van der Waals surface area contributed by atoms with Gasteiger partial charge in [0.2, 0.25) is 0 Å². The van der Waals surface area contributed by atoms with E-state index >= 15 is 0 Å². The topological polar surface area (TPSA) is 74.5 Å². The predicted octanol–water partition coefficient (Wildman–Crippen LogP) is 0.677. The van der Waals surface area contributed by atoms with Crippen molar-refractivity contribution in [3.8, 4) is 0 Å². The highest BCUT2D eigenvalue weighted by Crippen LogP contribution is 2.21. The Hall–Kier alpha value is -1.66. The standard InChI is InChI=1S/C14H21N5O/c15-17-11-3-4-13(16-9-11)14(20)19-8-5-12(10-19)18-6-1-2-7-18/h3-4,9,12,17H,1-2,5-8,10,15H2. The molecule has 2 aliphatic rings. The minimum Gasteiger partial charge on any atom is -0.336 e. The lowest BCUT2D eigenvalue weighted by Gasteiger charge is -2.23. The number of hydrazine groups is 1. The molecule has 2 saturated heterocycles. The molecular formula is C14H21N5O. The lowest BCUT2D eigenvalue weighted by Crippen LogP contribution is -2.37. The Morgan fingerprint density at radius 1 is 1.30 bits per heavy atom. The molecule has 0 aromatic carbocycles. The zero-order chi connectivity index (χ0) is 13.9. The SMILES string of the molecule is NNc1ccc(C(=O)N2CCC(N3CCCC3)C2)nc1. The van der Waals surface area contributed by atoms with E-state index in [1.165, 1.54) is 25.9 Å². The highest BCUT2D eigenvalue weighted by atomic mass is 16.2. The van der Waals surface area contributed by atoms with Crippen LogP contribution in [0.4, 0.5) is 5.69 Å². The van der Waals surface area contributed by atoms with Crippen LogP contribution in [0.15, 0.2) is 18.3 Å². The van der Waals surface area contributed by atoms with Crippen molar-refractivity contribution >= 4 is 11.6 Å². The van der Waals surface area contributed by atoms with Gasteiger partial charge in [0.1, 0.15) is 5.69 Å². The first-order valence-corrected chi connectivity index (χ1v) is 7.24. The summed E-state index contributed by atoms with van der Waals surface area (Å²) in [7, 11) is 0. The molecule has 2 fully saturated rings. The van der Waals surface area contributed by atoms with Gasteiger partial charge in [-0.2, -0.15) is 0 Å². The van der Waals surface area contributed by atoms with Gasteiger partial charge in [-0.3, -0.25) is 15.5 Å². The van der Waals surface area contributed by atoms with Crippen LogP contribution in [-0.2, 0) is 0 Å². The number of pyridine rings is 1. The van der Waals surface area contributed by atoms with Crippen LogP contribution < -0.4 is 11.3 Å². The van der Waals surface area contributed by atoms with Gasteiger partial charge in [-0.25, -0.2) is 4.98 Å². The minimum absolute atomic E-state index is 0.0234. The predicted molar refractivity (Wildman–Crippen MR) is 77.2 cm³/mol. The van der Waals surface area contributed by atoms with Crippen molar-refractivity contribution in [2.45, 2.75) is 25.3 Å². The van der Waals surface area contributed by atoms with E-state index < -0.39 is 0 Å². The van der Waals surface area contributed by atoms with Gasteiger partial charge in [-0.15, -0.1) is 0 Å². The Bertz CT molecular complexity index is 469. The number of aromatic nitrogens is 1. The Morgan fingerprint density at radius 2 is 2.10 bits per heavy atom. The first kappa shape index (κ1) is 13.3. The van der Waals surface area contributed by atoms with Gasteiger partial charge in [0, 0.05) is 19.1 Å². The maximum atomic E-state index is 12.4. The molecule has 1 aromatic heterocycles. The molecule has 108 valence electrons. The maximum absolute atomic E-state index is 12.4. The van der Waals surface area contributed by atoms with Crippen LogP contribution in [0.2, 0.25) is 0 Å². The Kier molecular flexibility index (Phi) is 3.84. The molecule has 0 saturated carbocycles. The molecule has 0 bridgehead atoms. The van der Waals surface area contributed by atoms with Crippen molar-refractivity contribution in [2.75, 3.05) is 31.6 Å². The zero-order valence-electron chi connectivity index (χ0n) is 11.6. The van der Waals surface area contributed by atoms with Gasteiger partial charge in [-0.1, -0.05) is 0 Å². The summed E-state index contributed by atoms with van der Waals surface area (Å²) < 4.78 is 0. The normalized spacial score (nSPS) is 23.2. The summed E-state index contributed by atoms with van der Waals surface area (Å²) in [5, 5.41) is 0. The number of nitrogens with zero attached hydrogens (tertiary/aromatic N) is 3. The molecule has 6 heteroatoms. The molecule has 1 unspecified atom stereocenters. The van der Waals surface area contributed by atoms with Crippen LogP contribution in [-0.4, -0.2) is 52.9 Å². The first-order valence-electron chi connectivity index (χ1n) is 7.24. The van der Waals surface area contributed by atoms with E-state index in [9.17, 15) is 4.79 Å². The van der Waals surface area contributed by atoms with E-state index in [-0.39, 0.29) is 5.91 Å². The van der Waals surface area contributed by atoms with E-state index in [2.05, 4.69) is 15.3 Å². The van der Waals surface area contributed by atoms with E-state index in [1.54, 1.807) is 18.3 Å². The van der Waals surface area contributed by atoms with Crippen LogP contribution >= 0.6 is 0 Å². The van der Waals surface area contributed by atoms with Gasteiger partial charge >= 0.3 is 0 Å². The second-order valence-electron chi connectivity index (χ2n) is 5.51. The molecule has 20 heavy (non-hydrogen) atoms. The highest BCUT2D eigenvalue weighted by molar-refractivity contribution is 5.92. The fourth-order valence-electron chi connectivity index (χ4n) is 3.10. The molecule has 3 heterocycles. The number of carbonyl (C=O) groups is 1. The van der Waals surface area contributed by atoms with Crippen LogP contribution in [0, 0.1) is 0 Å². The summed E-state index contributed by atoms with van der Waals surface area (Å²) in [6, 6.07) is 4.03. The minimum atomic E-state index is 0.0234. The first-order chi connectivity index (χ1) is 9.78. The highest BCUT2D eigenvalue weighted by Gasteiger charge is 2.32. The molecule has 1 aromatic rings. The number of anilines is 1. The Balaban J connectivity index is 1.62. The van der Waals surface area contributed by atoms with Gasteiger partial charge in [-0.05, 0) is 44.5 Å². The molecule has 1 atom stereocenters. The number of nitrogens with two attached hydrogens (primary N) is 1. The zero-order valence-corrected chi connectivity index (χ0v) is 11.6. The molecule has 1 amide bonds. The van der Waals surface area contributed by atoms with Crippen molar-refractivity contribution in [3.63, 3.8) is 0 Å². The van der Waals surface area contributed by atoms with Gasteiger partial charge in [0.15, 0.2) is 0 Å². The molecule has 3 N–H and O–H groups in total. The molecule has 3 rings (SSSR count). The number of hydrogen-bond donors (Lipinski definition) is 2. The fourth-order valence-corrected chi connectivity index (χ4v) is 3.10. The number of nitrogen functional groups attached to an aromatic ring is 1. The van der Waals surface area contributed by atoms with Gasteiger partial charge in [0.25, 0.3) is 5.91 Å². The van der Waals surface area contributed by atoms with E-state index in [0.29, 0.717) is 17.4 Å². The third-order valence-corrected chi connectivity index (χ3v) is 4.26. The van der Waals surface area contributed by atoms with E-state index in [1.807, 2.05) is 4.90 Å². The Morgan fingerprint density at radius 3 is 2.75 bits per heavy atom. The van der Waals surface area contributed by atoms with Crippen molar-refractivity contribution in [3.05, 3.63) is 24.0 Å². The van der Waals surface area contributed by atoms with Crippen LogP contribution in [0.3, 0.4) is 0 Å². The largest absolute Gasteiger partial charge is 0.336 e. The van der Waals surface area contributed by atoms with Gasteiger partial charge in [0.05, 0.1) is 11.9 Å². The van der Waals surface area contributed by atoms with Gasteiger partial charge < -0.3 is 10.3 Å². The monoisotopic (exact) mass is 275 g/mol. The quantitative estimate of drug-likeness (QED) is 0.627. The summed E-state index contributed by atoms with van der Waals surface area (Å²) in [6.07, 6.45) is 5.24. The third kappa shape index (κ3) is 2.62. The smallest absolute Gasteiger partial charge is 0.272 e. The molecule has 0 aliphatic carbocycles. The number of likely N-dealkylation sites (tertiary alicyclic amines) is 2. The number of amides is 1. The van der Waals surface area contributed by atoms with Crippen LogP contribution in [0.25, 0.3) is 0 Å². The lowest BCUT2D eigenvalue weighted by atomic mass is 10.2. The third-order valence-electron chi connectivity index (χ3n) is 4.26. The van der Waals surface area contributed by atoms with E-state index in [0.717, 1.165) is 19.5 Å². The van der Waals surface area contributed by atoms with Crippen molar-refractivity contribution in [2.24, 2.45) is 5.84 Å². The van der Waals surface area contributed by atoms with Crippen molar-refractivity contribution in [1.29, 1.82) is 0 Å². The molecule has 2 aliphatic heterocycles. The number of hydrogen-bond acceptors (Lipinski definition) is 5. The molecular weight excluding hydrogens is 254 g/mol. The average molecular weight is 275 g/mol. The fraction of sp³-hybridized carbons (Fsp3) is 0.571. The molecule has 6 nitrogen and oxygen atoms in total. The second-order valence-corrected chi connectivity index (χ2v) is 5.51. The summed E-state index contributed by atoms with van der Waals surface area (Å²) in [5.74, 6) is 5.32. The van der Waals surface area contributed by atoms with E-state index in [4.69, 9.17) is 5.84 Å². The summed E-state index contributed by atoms with van der Waals surface area (Å²) in [4.78, 5) is 21.0.